The van der Waals surface area contributed by atoms with Crippen molar-refractivity contribution in [2.75, 3.05) is 0 Å². The second-order valence-corrected chi connectivity index (χ2v) is 7.72. The lowest BCUT2D eigenvalue weighted by atomic mass is 10.2. The van der Waals surface area contributed by atoms with Gasteiger partial charge < -0.3 is 0 Å². The largest absolute Gasteiger partial charge is 0.268 e. The summed E-state index contributed by atoms with van der Waals surface area (Å²) in [5.74, 6) is 0. The van der Waals surface area contributed by atoms with E-state index in [2.05, 4.69) is 4.98 Å². The first-order chi connectivity index (χ1) is 11.2. The second-order valence-electron chi connectivity index (χ2n) is 5.01. The molecule has 114 valence electrons. The molecular formula is C17H12N2O2S2. The van der Waals surface area contributed by atoms with Crippen LogP contribution in [0.15, 0.2) is 77.3 Å². The molecule has 2 heterocycles. The summed E-state index contributed by atoms with van der Waals surface area (Å²) in [4.78, 5) is 4.58. The summed E-state index contributed by atoms with van der Waals surface area (Å²) in [5.41, 5.74) is 1.48. The molecule has 0 saturated carbocycles. The standard InChI is InChI=1S/C17H12N2O2S2/c20-23(21,13-6-2-1-3-7-13)19-12-15(17-18-10-11-22-17)14-8-4-5-9-16(14)19/h1-12H. The summed E-state index contributed by atoms with van der Waals surface area (Å²) >= 11 is 1.49. The molecule has 0 aliphatic rings. The van der Waals surface area contributed by atoms with E-state index in [1.54, 1.807) is 42.7 Å². The Bertz CT molecular complexity index is 1070. The number of aromatic nitrogens is 2. The fourth-order valence-electron chi connectivity index (χ4n) is 2.58. The molecular weight excluding hydrogens is 328 g/mol. The van der Waals surface area contributed by atoms with Crippen LogP contribution in [0.1, 0.15) is 0 Å². The number of rotatable bonds is 3. The van der Waals surface area contributed by atoms with Gasteiger partial charge in [-0.2, -0.15) is 0 Å². The molecule has 0 unspecified atom stereocenters. The van der Waals surface area contributed by atoms with Crippen molar-refractivity contribution in [2.24, 2.45) is 0 Å². The van der Waals surface area contributed by atoms with Crippen molar-refractivity contribution in [3.63, 3.8) is 0 Å². The summed E-state index contributed by atoms with van der Waals surface area (Å²) in [5, 5.41) is 3.57. The fourth-order valence-corrected chi connectivity index (χ4v) is 4.63. The molecule has 0 saturated heterocycles. The average molecular weight is 340 g/mol. The number of hydrogen-bond acceptors (Lipinski definition) is 4. The average Bonchev–Trinajstić information content (AvgIpc) is 3.23. The van der Waals surface area contributed by atoms with Gasteiger partial charge in [0.15, 0.2) is 0 Å². The van der Waals surface area contributed by atoms with Gasteiger partial charge in [-0.1, -0.05) is 36.4 Å². The molecule has 4 nitrogen and oxygen atoms in total. The molecule has 0 radical (unpaired) electrons. The Kier molecular flexibility index (Phi) is 3.28. The van der Waals surface area contributed by atoms with E-state index in [-0.39, 0.29) is 4.90 Å². The van der Waals surface area contributed by atoms with E-state index < -0.39 is 10.0 Å². The van der Waals surface area contributed by atoms with Gasteiger partial charge in [-0.05, 0) is 18.2 Å². The van der Waals surface area contributed by atoms with E-state index in [0.29, 0.717) is 5.52 Å². The maximum absolute atomic E-state index is 13.0. The van der Waals surface area contributed by atoms with E-state index in [1.807, 2.05) is 29.6 Å². The van der Waals surface area contributed by atoms with Crippen LogP contribution in [-0.4, -0.2) is 17.4 Å². The summed E-state index contributed by atoms with van der Waals surface area (Å²) in [7, 11) is -3.64. The highest BCUT2D eigenvalue weighted by molar-refractivity contribution is 7.90. The Morgan fingerprint density at radius 3 is 2.43 bits per heavy atom. The van der Waals surface area contributed by atoms with E-state index >= 15 is 0 Å². The number of benzene rings is 2. The topological polar surface area (TPSA) is 52.0 Å². The zero-order chi connectivity index (χ0) is 15.9. The van der Waals surface area contributed by atoms with Crippen LogP contribution in [-0.2, 0) is 10.0 Å². The predicted molar refractivity (Wildman–Crippen MR) is 92.1 cm³/mol. The molecule has 0 N–H and O–H groups in total. The minimum Gasteiger partial charge on any atom is -0.244 e. The summed E-state index contributed by atoms with van der Waals surface area (Å²) in [6.45, 7) is 0. The van der Waals surface area contributed by atoms with E-state index in [1.165, 1.54) is 15.3 Å². The van der Waals surface area contributed by atoms with Crippen molar-refractivity contribution < 1.29 is 8.42 Å². The molecule has 0 atom stereocenters. The van der Waals surface area contributed by atoms with Gasteiger partial charge in [-0.3, -0.25) is 0 Å². The third kappa shape index (κ3) is 2.27. The molecule has 4 aromatic rings. The van der Waals surface area contributed by atoms with Gasteiger partial charge in [0.1, 0.15) is 5.01 Å². The molecule has 23 heavy (non-hydrogen) atoms. The molecule has 6 heteroatoms. The molecule has 0 spiro atoms. The highest BCUT2D eigenvalue weighted by Gasteiger charge is 2.21. The van der Waals surface area contributed by atoms with Crippen LogP contribution in [0.2, 0.25) is 0 Å². The maximum atomic E-state index is 13.0. The highest BCUT2D eigenvalue weighted by atomic mass is 32.2. The molecule has 4 rings (SSSR count). The first-order valence-electron chi connectivity index (χ1n) is 6.98. The minimum absolute atomic E-state index is 0.270. The van der Waals surface area contributed by atoms with Gasteiger partial charge in [-0.15, -0.1) is 11.3 Å². The lowest BCUT2D eigenvalue weighted by molar-refractivity contribution is 0.589. The summed E-state index contributed by atoms with van der Waals surface area (Å²) in [6.07, 6.45) is 3.38. The predicted octanol–water partition coefficient (Wildman–Crippen LogP) is 4.00. The number of nitrogens with zero attached hydrogens (tertiary/aromatic N) is 2. The van der Waals surface area contributed by atoms with Crippen molar-refractivity contribution in [3.8, 4) is 10.6 Å². The van der Waals surface area contributed by atoms with Crippen LogP contribution in [0.5, 0.6) is 0 Å². The molecule has 0 aliphatic carbocycles. The molecule has 0 amide bonds. The number of hydrogen-bond donors (Lipinski definition) is 0. The minimum atomic E-state index is -3.64. The first kappa shape index (κ1) is 14.2. The van der Waals surface area contributed by atoms with Crippen molar-refractivity contribution >= 4 is 32.3 Å². The fraction of sp³-hybridized carbons (Fsp3) is 0. The SMILES string of the molecule is O=S(=O)(c1ccccc1)n1cc(-c2nccs2)c2ccccc21. The highest BCUT2D eigenvalue weighted by Crippen LogP contribution is 2.33. The van der Waals surface area contributed by atoms with Crippen molar-refractivity contribution in [3.05, 3.63) is 72.4 Å². The Morgan fingerprint density at radius 1 is 0.957 bits per heavy atom. The molecule has 2 aromatic heterocycles. The van der Waals surface area contributed by atoms with E-state index in [9.17, 15) is 8.42 Å². The Labute approximate surface area is 137 Å². The Balaban J connectivity index is 2.02. The summed E-state index contributed by atoms with van der Waals surface area (Å²) in [6, 6.07) is 15.9. The van der Waals surface area contributed by atoms with Crippen LogP contribution in [0.4, 0.5) is 0 Å². The lowest BCUT2D eigenvalue weighted by Crippen LogP contribution is -2.11. The quantitative estimate of drug-likeness (QED) is 0.566. The van der Waals surface area contributed by atoms with Gasteiger partial charge in [0.25, 0.3) is 10.0 Å². The van der Waals surface area contributed by atoms with Crippen LogP contribution in [0.25, 0.3) is 21.5 Å². The third-order valence-corrected chi connectivity index (χ3v) is 6.14. The molecule has 0 bridgehead atoms. The van der Waals surface area contributed by atoms with E-state index in [0.717, 1.165) is 16.0 Å². The van der Waals surface area contributed by atoms with Crippen LogP contribution >= 0.6 is 11.3 Å². The number of para-hydroxylation sites is 1. The van der Waals surface area contributed by atoms with E-state index in [4.69, 9.17) is 0 Å². The van der Waals surface area contributed by atoms with Gasteiger partial charge in [0.2, 0.25) is 0 Å². The number of fused-ring (bicyclic) bond motifs is 1. The molecule has 2 aromatic carbocycles. The van der Waals surface area contributed by atoms with Crippen molar-refractivity contribution in [1.29, 1.82) is 0 Å². The van der Waals surface area contributed by atoms with Crippen LogP contribution < -0.4 is 0 Å². The van der Waals surface area contributed by atoms with Crippen molar-refractivity contribution in [2.45, 2.75) is 4.90 Å². The number of thiazole rings is 1. The Morgan fingerprint density at radius 2 is 1.70 bits per heavy atom. The normalized spacial score (nSPS) is 11.8. The summed E-state index contributed by atoms with van der Waals surface area (Å²) < 4.78 is 27.3. The van der Waals surface area contributed by atoms with Gasteiger partial charge in [-0.25, -0.2) is 17.4 Å². The van der Waals surface area contributed by atoms with Gasteiger partial charge >= 0.3 is 0 Å². The monoisotopic (exact) mass is 340 g/mol. The van der Waals surface area contributed by atoms with Gasteiger partial charge in [0.05, 0.1) is 10.4 Å². The smallest absolute Gasteiger partial charge is 0.244 e. The molecule has 0 aliphatic heterocycles. The zero-order valence-electron chi connectivity index (χ0n) is 12.0. The maximum Gasteiger partial charge on any atom is 0.268 e. The second kappa shape index (κ2) is 5.33. The Hall–Kier alpha value is -2.44. The van der Waals surface area contributed by atoms with Crippen LogP contribution in [0, 0.1) is 0 Å². The molecule has 0 fully saturated rings. The third-order valence-electron chi connectivity index (χ3n) is 3.64. The van der Waals surface area contributed by atoms with Crippen molar-refractivity contribution in [1.82, 2.24) is 8.96 Å². The zero-order valence-corrected chi connectivity index (χ0v) is 13.6. The first-order valence-corrected chi connectivity index (χ1v) is 9.30. The lowest BCUT2D eigenvalue weighted by Gasteiger charge is -2.07. The van der Waals surface area contributed by atoms with Crippen LogP contribution in [0.3, 0.4) is 0 Å². The van der Waals surface area contributed by atoms with Gasteiger partial charge in [0, 0.05) is 28.7 Å².